The van der Waals surface area contributed by atoms with Gasteiger partial charge >= 0.3 is 369 Å². The molecule has 11 heteroatoms. The number of para-hydroxylation sites is 5. The average molecular weight is 948 g/mol. The van der Waals surface area contributed by atoms with Crippen molar-refractivity contribution in [2.45, 2.75) is 64.2 Å². The summed E-state index contributed by atoms with van der Waals surface area (Å²) in [6.07, 6.45) is 7.29. The molecule has 0 atom stereocenters. The number of benzene rings is 5. The predicted octanol–water partition coefficient (Wildman–Crippen LogP) is 11.3. The SMILES string of the molecule is c1ccc(OCCCC[O][Sb]([O]CCCCOc2ccccc2)([O]CCCCOc2ccccc2)([O]CCCCOc2ccccc2)[O]CCCCOc2ccccc2)cc1. The van der Waals surface area contributed by atoms with E-state index in [1.165, 1.54) is 0 Å². The number of hydrogen-bond acceptors (Lipinski definition) is 10. The first-order valence-corrected chi connectivity index (χ1v) is 27.1. The molecular formula is C50H65O10Sb. The number of hydrogen-bond donors (Lipinski definition) is 0. The summed E-state index contributed by atoms with van der Waals surface area (Å²) < 4.78 is 64.5. The Morgan fingerprint density at radius 1 is 0.213 bits per heavy atom. The molecule has 0 radical (unpaired) electrons. The van der Waals surface area contributed by atoms with Crippen LogP contribution in [0.4, 0.5) is 0 Å². The number of ether oxygens (including phenoxy) is 5. The van der Waals surface area contributed by atoms with E-state index in [2.05, 4.69) is 0 Å². The molecule has 5 aromatic rings. The number of rotatable bonds is 35. The number of unbranched alkanes of at least 4 members (excludes halogenated alkanes) is 5. The van der Waals surface area contributed by atoms with Crippen molar-refractivity contribution in [1.29, 1.82) is 0 Å². The molecule has 0 saturated heterocycles. The van der Waals surface area contributed by atoms with E-state index in [9.17, 15) is 0 Å². The van der Waals surface area contributed by atoms with Crippen molar-refractivity contribution >= 4 is 19.5 Å². The zero-order valence-corrected chi connectivity index (χ0v) is 38.2. The van der Waals surface area contributed by atoms with Crippen molar-refractivity contribution in [1.82, 2.24) is 0 Å². The third-order valence-electron chi connectivity index (χ3n) is 9.26. The van der Waals surface area contributed by atoms with E-state index in [1.54, 1.807) is 0 Å². The molecular weight excluding hydrogens is 882 g/mol. The Morgan fingerprint density at radius 3 is 0.557 bits per heavy atom. The molecule has 0 bridgehead atoms. The molecule has 0 heterocycles. The first-order valence-electron chi connectivity index (χ1n) is 21.9. The van der Waals surface area contributed by atoms with Crippen LogP contribution < -0.4 is 23.7 Å². The van der Waals surface area contributed by atoms with Crippen LogP contribution in [0.15, 0.2) is 152 Å². The van der Waals surface area contributed by atoms with Crippen LogP contribution in [-0.2, 0) is 15.1 Å². The van der Waals surface area contributed by atoms with E-state index < -0.39 is 19.5 Å². The molecule has 0 amide bonds. The molecule has 0 aliphatic heterocycles. The molecule has 330 valence electrons. The monoisotopic (exact) mass is 946 g/mol. The molecule has 61 heavy (non-hydrogen) atoms. The summed E-state index contributed by atoms with van der Waals surface area (Å²) in [5.74, 6) is 4.20. The van der Waals surface area contributed by atoms with Crippen LogP contribution in [0, 0.1) is 0 Å². The molecule has 10 nitrogen and oxygen atoms in total. The molecule has 0 spiro atoms. The van der Waals surface area contributed by atoms with Crippen LogP contribution in [0.2, 0.25) is 0 Å². The standard InChI is InChI=1S/5C10H13O2.Sb/c5*11-8-4-5-9-12-10-6-2-1-3-7-10;/h5*1-3,6-7H,4-5,8-9H2;/q5*-1;+5. The van der Waals surface area contributed by atoms with Crippen molar-refractivity contribution in [3.05, 3.63) is 152 Å². The summed E-state index contributed by atoms with van der Waals surface area (Å²) in [5, 5.41) is 0. The quantitative estimate of drug-likeness (QED) is 0.0289. The molecule has 5 rings (SSSR count). The summed E-state index contributed by atoms with van der Waals surface area (Å²) in [6, 6.07) is 49.2. The fourth-order valence-corrected chi connectivity index (χ4v) is 14.2. The van der Waals surface area contributed by atoms with Crippen molar-refractivity contribution in [2.24, 2.45) is 0 Å². The maximum absolute atomic E-state index is 6.91. The third-order valence-corrected chi connectivity index (χ3v) is 17.9. The van der Waals surface area contributed by atoms with Crippen molar-refractivity contribution in [3.63, 3.8) is 0 Å². The van der Waals surface area contributed by atoms with Crippen molar-refractivity contribution in [3.8, 4) is 28.7 Å². The van der Waals surface area contributed by atoms with Gasteiger partial charge in [0.05, 0.1) is 0 Å². The van der Waals surface area contributed by atoms with Gasteiger partial charge < -0.3 is 0 Å². The van der Waals surface area contributed by atoms with Gasteiger partial charge in [-0.15, -0.1) is 0 Å². The second-order valence-corrected chi connectivity index (χ2v) is 22.2. The minimum absolute atomic E-state index is 0.322. The van der Waals surface area contributed by atoms with E-state index in [4.69, 9.17) is 38.8 Å². The summed E-state index contributed by atoms with van der Waals surface area (Å²) >= 11 is -5.80. The van der Waals surface area contributed by atoms with E-state index in [-0.39, 0.29) is 0 Å². The topological polar surface area (TPSA) is 92.3 Å². The van der Waals surface area contributed by atoms with Crippen LogP contribution in [0.25, 0.3) is 0 Å². The zero-order valence-electron chi connectivity index (χ0n) is 35.6. The van der Waals surface area contributed by atoms with Gasteiger partial charge in [0.25, 0.3) is 0 Å². The summed E-state index contributed by atoms with van der Waals surface area (Å²) in [4.78, 5) is 0. The Hall–Kier alpha value is -4.28. The Bertz CT molecular complexity index is 1470. The van der Waals surface area contributed by atoms with Crippen LogP contribution in [-0.4, -0.2) is 85.6 Å². The molecule has 0 aliphatic rings. The van der Waals surface area contributed by atoms with Gasteiger partial charge in [-0.1, -0.05) is 0 Å². The van der Waals surface area contributed by atoms with Crippen LogP contribution >= 0.6 is 0 Å². The molecule has 5 aromatic carbocycles. The Labute approximate surface area is 367 Å². The van der Waals surface area contributed by atoms with Gasteiger partial charge in [0.2, 0.25) is 0 Å². The van der Waals surface area contributed by atoms with Crippen molar-refractivity contribution in [2.75, 3.05) is 66.1 Å². The van der Waals surface area contributed by atoms with Gasteiger partial charge in [0.15, 0.2) is 0 Å². The fourth-order valence-electron chi connectivity index (χ4n) is 6.00. The Kier molecular flexibility index (Phi) is 22.8. The van der Waals surface area contributed by atoms with E-state index in [1.807, 2.05) is 152 Å². The van der Waals surface area contributed by atoms with E-state index in [0.717, 1.165) is 60.9 Å². The van der Waals surface area contributed by atoms with Crippen LogP contribution in [0.5, 0.6) is 28.7 Å². The molecule has 0 N–H and O–H groups in total. The van der Waals surface area contributed by atoms with Gasteiger partial charge in [-0.05, 0) is 0 Å². The van der Waals surface area contributed by atoms with E-state index >= 15 is 0 Å². The minimum atomic E-state index is -5.80. The summed E-state index contributed by atoms with van der Waals surface area (Å²) in [6.45, 7) is 4.35. The summed E-state index contributed by atoms with van der Waals surface area (Å²) in [7, 11) is 0. The molecule has 0 fully saturated rings. The van der Waals surface area contributed by atoms with Gasteiger partial charge in [0, 0.05) is 0 Å². The Morgan fingerprint density at radius 2 is 0.377 bits per heavy atom. The first-order chi connectivity index (χ1) is 30.2. The Balaban J connectivity index is 1.27. The molecule has 0 saturated carbocycles. The van der Waals surface area contributed by atoms with Crippen LogP contribution in [0.3, 0.4) is 0 Å². The van der Waals surface area contributed by atoms with Gasteiger partial charge in [-0.25, -0.2) is 0 Å². The third kappa shape index (κ3) is 19.5. The average Bonchev–Trinajstić information content (AvgIpc) is 3.31. The van der Waals surface area contributed by atoms with Gasteiger partial charge in [-0.3, -0.25) is 0 Å². The second-order valence-electron chi connectivity index (χ2n) is 14.3. The van der Waals surface area contributed by atoms with Crippen molar-refractivity contribution < 1.29 is 38.8 Å². The van der Waals surface area contributed by atoms with Gasteiger partial charge in [0.1, 0.15) is 0 Å². The fraction of sp³-hybridized carbons (Fsp3) is 0.400. The van der Waals surface area contributed by atoms with Crippen LogP contribution in [0.1, 0.15) is 64.2 Å². The second kappa shape index (κ2) is 29.1. The summed E-state index contributed by atoms with van der Waals surface area (Å²) in [5.41, 5.74) is 0. The zero-order chi connectivity index (χ0) is 42.2. The van der Waals surface area contributed by atoms with Gasteiger partial charge in [-0.2, -0.15) is 0 Å². The van der Waals surface area contributed by atoms with E-state index in [0.29, 0.717) is 98.2 Å². The maximum atomic E-state index is 6.91. The molecule has 0 unspecified atom stereocenters. The normalized spacial score (nSPS) is 12.0. The first kappa shape index (κ1) is 47.8. The predicted molar refractivity (Wildman–Crippen MR) is 241 cm³/mol. The molecule has 0 aliphatic carbocycles. The molecule has 0 aromatic heterocycles.